The highest BCUT2D eigenvalue weighted by molar-refractivity contribution is 5.99. The van der Waals surface area contributed by atoms with E-state index in [9.17, 15) is 9.90 Å². The van der Waals surface area contributed by atoms with Crippen LogP contribution in [-0.4, -0.2) is 23.7 Å². The van der Waals surface area contributed by atoms with E-state index in [1.165, 1.54) is 0 Å². The Morgan fingerprint density at radius 2 is 2.05 bits per heavy atom. The van der Waals surface area contributed by atoms with Crippen LogP contribution in [-0.2, 0) is 0 Å². The molecule has 2 rings (SSSR count). The first-order valence-electron chi connectivity index (χ1n) is 6.68. The first kappa shape index (κ1) is 13.7. The van der Waals surface area contributed by atoms with Gasteiger partial charge in [-0.25, -0.2) is 0 Å². The average Bonchev–Trinajstić information content (AvgIpc) is 2.39. The van der Waals surface area contributed by atoms with Crippen molar-refractivity contribution in [1.82, 2.24) is 5.32 Å². The number of carbonyl (C=O) groups is 1. The van der Waals surface area contributed by atoms with E-state index >= 15 is 0 Å². The maximum absolute atomic E-state index is 12.2. The predicted octanol–water partition coefficient (Wildman–Crippen LogP) is 1.13. The number of hydrogen-bond acceptors (Lipinski definition) is 4. The Morgan fingerprint density at radius 3 is 2.74 bits per heavy atom. The third kappa shape index (κ3) is 3.17. The molecular weight excluding hydrogens is 242 g/mol. The molecule has 5 nitrogen and oxygen atoms in total. The van der Waals surface area contributed by atoms with Crippen LogP contribution in [0.3, 0.4) is 0 Å². The lowest BCUT2D eigenvalue weighted by Gasteiger charge is -2.31. The summed E-state index contributed by atoms with van der Waals surface area (Å²) in [6.07, 6.45) is 4.06. The van der Waals surface area contributed by atoms with Crippen molar-refractivity contribution >= 4 is 17.3 Å². The number of nitrogen functional groups attached to an aromatic ring is 2. The molecule has 0 heterocycles. The zero-order valence-electron chi connectivity index (χ0n) is 10.9. The second-order valence-corrected chi connectivity index (χ2v) is 5.15. The monoisotopic (exact) mass is 263 g/mol. The van der Waals surface area contributed by atoms with Crippen LogP contribution in [0.4, 0.5) is 11.4 Å². The molecule has 0 aliphatic heterocycles. The largest absolute Gasteiger partial charge is 0.399 e. The summed E-state index contributed by atoms with van der Waals surface area (Å²) in [5.74, 6) is -0.0458. The van der Waals surface area contributed by atoms with Crippen LogP contribution in [0.5, 0.6) is 0 Å². The molecular formula is C14H21N3O2. The van der Waals surface area contributed by atoms with Gasteiger partial charge in [0, 0.05) is 29.9 Å². The predicted molar refractivity (Wildman–Crippen MR) is 75.6 cm³/mol. The minimum absolute atomic E-state index is 0.0307. The second kappa shape index (κ2) is 5.93. The molecule has 1 amide bonds. The van der Waals surface area contributed by atoms with Crippen molar-refractivity contribution in [1.29, 1.82) is 0 Å². The molecule has 1 fully saturated rings. The van der Waals surface area contributed by atoms with Gasteiger partial charge in [0.15, 0.2) is 0 Å². The third-order valence-corrected chi connectivity index (χ3v) is 3.78. The van der Waals surface area contributed by atoms with E-state index in [0.29, 0.717) is 16.9 Å². The summed E-state index contributed by atoms with van der Waals surface area (Å²) in [5.41, 5.74) is 12.8. The number of amides is 1. The Balaban J connectivity index is 2.07. The summed E-state index contributed by atoms with van der Waals surface area (Å²) in [7, 11) is 0. The third-order valence-electron chi connectivity index (χ3n) is 3.78. The Hall–Kier alpha value is -1.75. The molecule has 0 bridgehead atoms. The lowest BCUT2D eigenvalue weighted by molar-refractivity contribution is 0.0873. The molecule has 0 saturated heterocycles. The SMILES string of the molecule is Nc1ccc(C(=O)NC2CCCCC2CO)c(N)c1. The van der Waals surface area contributed by atoms with Gasteiger partial charge in [0.1, 0.15) is 0 Å². The number of aliphatic hydroxyl groups is 1. The van der Waals surface area contributed by atoms with Gasteiger partial charge in [0.25, 0.3) is 5.91 Å². The molecule has 5 heteroatoms. The zero-order chi connectivity index (χ0) is 13.8. The van der Waals surface area contributed by atoms with E-state index in [2.05, 4.69) is 5.32 Å². The molecule has 1 saturated carbocycles. The summed E-state index contributed by atoms with van der Waals surface area (Å²) in [4.78, 5) is 12.2. The van der Waals surface area contributed by atoms with Crippen LogP contribution in [0.25, 0.3) is 0 Å². The Morgan fingerprint density at radius 1 is 1.32 bits per heavy atom. The highest BCUT2D eigenvalue weighted by Crippen LogP contribution is 2.25. The number of anilines is 2. The van der Waals surface area contributed by atoms with Crippen LogP contribution in [0, 0.1) is 5.92 Å². The molecule has 0 aromatic heterocycles. The molecule has 6 N–H and O–H groups in total. The highest BCUT2D eigenvalue weighted by atomic mass is 16.3. The molecule has 2 unspecified atom stereocenters. The summed E-state index contributed by atoms with van der Waals surface area (Å²) >= 11 is 0. The second-order valence-electron chi connectivity index (χ2n) is 5.15. The molecule has 1 aromatic carbocycles. The van der Waals surface area contributed by atoms with Crippen LogP contribution >= 0.6 is 0 Å². The first-order chi connectivity index (χ1) is 9.11. The Labute approximate surface area is 113 Å². The standard InChI is InChI=1S/C14H21N3O2/c15-10-5-6-11(12(16)7-10)14(19)17-13-4-2-1-3-9(13)8-18/h5-7,9,13,18H,1-4,8,15-16H2,(H,17,19). The molecule has 19 heavy (non-hydrogen) atoms. The quantitative estimate of drug-likeness (QED) is 0.614. The maximum atomic E-state index is 12.2. The number of nitrogens with one attached hydrogen (secondary N) is 1. The minimum Gasteiger partial charge on any atom is -0.399 e. The van der Waals surface area contributed by atoms with E-state index in [4.69, 9.17) is 11.5 Å². The van der Waals surface area contributed by atoms with Crippen molar-refractivity contribution in [3.8, 4) is 0 Å². The summed E-state index contributed by atoms with van der Waals surface area (Å²) in [6, 6.07) is 4.91. The molecule has 0 radical (unpaired) electrons. The number of nitrogens with two attached hydrogens (primary N) is 2. The van der Waals surface area contributed by atoms with Gasteiger partial charge in [-0.05, 0) is 31.0 Å². The Bertz CT molecular complexity index is 462. The molecule has 1 aromatic rings. The lowest BCUT2D eigenvalue weighted by Crippen LogP contribution is -2.43. The highest BCUT2D eigenvalue weighted by Gasteiger charge is 2.26. The number of benzene rings is 1. The van der Waals surface area contributed by atoms with Gasteiger partial charge in [-0.2, -0.15) is 0 Å². The first-order valence-corrected chi connectivity index (χ1v) is 6.68. The van der Waals surface area contributed by atoms with Crippen molar-refractivity contribution < 1.29 is 9.90 Å². The van der Waals surface area contributed by atoms with Crippen molar-refractivity contribution in [2.75, 3.05) is 18.1 Å². The van der Waals surface area contributed by atoms with Gasteiger partial charge >= 0.3 is 0 Å². The number of carbonyl (C=O) groups excluding carboxylic acids is 1. The summed E-state index contributed by atoms with van der Waals surface area (Å²) in [5, 5.41) is 12.3. The van der Waals surface area contributed by atoms with Crippen LogP contribution in [0.1, 0.15) is 36.0 Å². The number of rotatable bonds is 3. The average molecular weight is 263 g/mol. The van der Waals surface area contributed by atoms with Gasteiger partial charge in [-0.3, -0.25) is 4.79 Å². The van der Waals surface area contributed by atoms with Crippen LogP contribution < -0.4 is 16.8 Å². The van der Waals surface area contributed by atoms with Crippen LogP contribution in [0.2, 0.25) is 0 Å². The molecule has 1 aliphatic rings. The van der Waals surface area contributed by atoms with Crippen LogP contribution in [0.15, 0.2) is 18.2 Å². The van der Waals surface area contributed by atoms with Crippen molar-refractivity contribution in [2.24, 2.45) is 5.92 Å². The van der Waals surface area contributed by atoms with E-state index in [1.807, 2.05) is 0 Å². The number of aliphatic hydroxyl groups excluding tert-OH is 1. The lowest BCUT2D eigenvalue weighted by atomic mass is 9.85. The molecule has 0 spiro atoms. The maximum Gasteiger partial charge on any atom is 0.253 e. The number of hydrogen-bond donors (Lipinski definition) is 4. The van der Waals surface area contributed by atoms with Crippen molar-refractivity contribution in [3.05, 3.63) is 23.8 Å². The van der Waals surface area contributed by atoms with Gasteiger partial charge < -0.3 is 21.9 Å². The summed E-state index contributed by atoms with van der Waals surface area (Å²) in [6.45, 7) is 0.113. The zero-order valence-corrected chi connectivity index (χ0v) is 10.9. The summed E-state index contributed by atoms with van der Waals surface area (Å²) < 4.78 is 0. The van der Waals surface area contributed by atoms with E-state index in [-0.39, 0.29) is 24.5 Å². The fraction of sp³-hybridized carbons (Fsp3) is 0.500. The van der Waals surface area contributed by atoms with Crippen molar-refractivity contribution in [3.63, 3.8) is 0 Å². The Kier molecular flexibility index (Phi) is 4.27. The fourth-order valence-electron chi connectivity index (χ4n) is 2.65. The molecule has 1 aliphatic carbocycles. The topological polar surface area (TPSA) is 101 Å². The molecule has 104 valence electrons. The van der Waals surface area contributed by atoms with Crippen molar-refractivity contribution in [2.45, 2.75) is 31.7 Å². The fourth-order valence-corrected chi connectivity index (χ4v) is 2.65. The normalized spacial score (nSPS) is 23.0. The van der Waals surface area contributed by atoms with Gasteiger partial charge in [-0.1, -0.05) is 12.8 Å². The van der Waals surface area contributed by atoms with Gasteiger partial charge in [0.05, 0.1) is 5.56 Å². The van der Waals surface area contributed by atoms with Gasteiger partial charge in [0.2, 0.25) is 0 Å². The van der Waals surface area contributed by atoms with E-state index in [1.54, 1.807) is 18.2 Å². The van der Waals surface area contributed by atoms with E-state index < -0.39 is 0 Å². The smallest absolute Gasteiger partial charge is 0.253 e. The molecule has 2 atom stereocenters. The van der Waals surface area contributed by atoms with Gasteiger partial charge in [-0.15, -0.1) is 0 Å². The van der Waals surface area contributed by atoms with E-state index in [0.717, 1.165) is 25.7 Å². The minimum atomic E-state index is -0.192.